The zero-order chi connectivity index (χ0) is 12.4. The lowest BCUT2D eigenvalue weighted by Gasteiger charge is -2.04. The van der Waals surface area contributed by atoms with E-state index < -0.39 is 0 Å². The van der Waals surface area contributed by atoms with E-state index in [9.17, 15) is 5.11 Å². The van der Waals surface area contributed by atoms with Gasteiger partial charge in [-0.1, -0.05) is 0 Å². The second-order valence-corrected chi connectivity index (χ2v) is 4.15. The maximum Gasteiger partial charge on any atom is 0.140 e. The Morgan fingerprint density at radius 1 is 1.17 bits per heavy atom. The first-order chi connectivity index (χ1) is 8.88. The summed E-state index contributed by atoms with van der Waals surface area (Å²) in [6, 6.07) is 5.78. The highest BCUT2D eigenvalue weighted by atomic mass is 16.3. The molecule has 5 heteroatoms. The summed E-state index contributed by atoms with van der Waals surface area (Å²) in [4.78, 5) is 4.37. The molecule has 3 heterocycles. The number of rotatable bonds is 4. The minimum Gasteiger partial charge on any atom is -0.392 e. The normalized spacial score (nSPS) is 11.2. The van der Waals surface area contributed by atoms with Crippen LogP contribution in [0.2, 0.25) is 0 Å². The predicted molar refractivity (Wildman–Crippen MR) is 67.9 cm³/mol. The van der Waals surface area contributed by atoms with E-state index in [-0.39, 0.29) is 6.61 Å². The Morgan fingerprint density at radius 3 is 2.89 bits per heavy atom. The molecular weight excluding hydrogens is 228 g/mol. The molecule has 0 fully saturated rings. The van der Waals surface area contributed by atoms with Gasteiger partial charge >= 0.3 is 0 Å². The molecule has 0 radical (unpaired) electrons. The first-order valence-corrected chi connectivity index (χ1v) is 5.89. The van der Waals surface area contributed by atoms with Crippen LogP contribution in [0.15, 0.2) is 43.0 Å². The van der Waals surface area contributed by atoms with Crippen LogP contribution < -0.4 is 0 Å². The highest BCUT2D eigenvalue weighted by Crippen LogP contribution is 2.19. The molecule has 3 aromatic rings. The van der Waals surface area contributed by atoms with Gasteiger partial charge in [0.2, 0.25) is 0 Å². The molecule has 0 aliphatic carbocycles. The molecule has 18 heavy (non-hydrogen) atoms. The molecule has 0 aliphatic heterocycles. The van der Waals surface area contributed by atoms with Gasteiger partial charge in [-0.2, -0.15) is 5.10 Å². The Hall–Kier alpha value is -2.14. The van der Waals surface area contributed by atoms with Crippen molar-refractivity contribution < 1.29 is 5.11 Å². The molecule has 0 atom stereocenters. The third-order valence-electron chi connectivity index (χ3n) is 3.02. The molecule has 0 saturated heterocycles. The van der Waals surface area contributed by atoms with Crippen LogP contribution in [0.25, 0.3) is 11.0 Å². The average Bonchev–Trinajstić information content (AvgIpc) is 3.04. The van der Waals surface area contributed by atoms with Gasteiger partial charge in [-0.3, -0.25) is 4.68 Å². The summed E-state index contributed by atoms with van der Waals surface area (Å²) in [6.07, 6.45) is 7.44. The van der Waals surface area contributed by atoms with E-state index in [1.165, 1.54) is 0 Å². The van der Waals surface area contributed by atoms with E-state index in [2.05, 4.69) is 14.6 Å². The van der Waals surface area contributed by atoms with E-state index in [4.69, 9.17) is 0 Å². The van der Waals surface area contributed by atoms with Gasteiger partial charge in [0.15, 0.2) is 0 Å². The Bertz CT molecular complexity index is 642. The highest BCUT2D eigenvalue weighted by molar-refractivity contribution is 5.80. The Kier molecular flexibility index (Phi) is 2.82. The van der Waals surface area contributed by atoms with Gasteiger partial charge in [-0.25, -0.2) is 4.98 Å². The predicted octanol–water partition coefficient (Wildman–Crippen LogP) is 1.43. The summed E-state index contributed by atoms with van der Waals surface area (Å²) in [7, 11) is 0. The molecule has 5 nitrogen and oxygen atoms in total. The summed E-state index contributed by atoms with van der Waals surface area (Å²) in [5.74, 6) is 0. The molecule has 0 aliphatic rings. The van der Waals surface area contributed by atoms with Crippen molar-refractivity contribution in [3.8, 4) is 0 Å². The van der Waals surface area contributed by atoms with E-state index in [0.29, 0.717) is 0 Å². The van der Waals surface area contributed by atoms with Crippen LogP contribution in [0.1, 0.15) is 5.56 Å². The lowest BCUT2D eigenvalue weighted by Crippen LogP contribution is -2.07. The van der Waals surface area contributed by atoms with Crippen molar-refractivity contribution in [1.82, 2.24) is 19.3 Å². The van der Waals surface area contributed by atoms with Crippen molar-refractivity contribution in [2.45, 2.75) is 19.7 Å². The van der Waals surface area contributed by atoms with E-state index >= 15 is 0 Å². The number of hydrogen-bond donors (Lipinski definition) is 1. The summed E-state index contributed by atoms with van der Waals surface area (Å²) < 4.78 is 3.94. The topological polar surface area (TPSA) is 55.9 Å². The molecule has 0 bridgehead atoms. The van der Waals surface area contributed by atoms with Gasteiger partial charge in [0.05, 0.1) is 13.2 Å². The smallest absolute Gasteiger partial charge is 0.140 e. The monoisotopic (exact) mass is 242 g/mol. The van der Waals surface area contributed by atoms with Crippen molar-refractivity contribution in [3.63, 3.8) is 0 Å². The maximum absolute atomic E-state index is 9.34. The van der Waals surface area contributed by atoms with Crippen LogP contribution in [0.4, 0.5) is 0 Å². The molecule has 0 saturated carbocycles. The molecule has 0 spiro atoms. The van der Waals surface area contributed by atoms with E-state index in [1.807, 2.05) is 35.3 Å². The largest absolute Gasteiger partial charge is 0.392 e. The molecule has 0 aromatic carbocycles. The first-order valence-electron chi connectivity index (χ1n) is 5.89. The third-order valence-corrected chi connectivity index (χ3v) is 3.02. The maximum atomic E-state index is 9.34. The molecular formula is C13H14N4O. The van der Waals surface area contributed by atoms with Crippen molar-refractivity contribution in [2.75, 3.05) is 0 Å². The standard InChI is InChI=1S/C13H14N4O/c18-10-11-9-16(7-8-17-6-2-5-15-17)13-12(11)3-1-4-14-13/h1-6,9,18H,7-8,10H2. The van der Waals surface area contributed by atoms with Gasteiger partial charge in [0, 0.05) is 42.3 Å². The Morgan fingerprint density at radius 2 is 2.11 bits per heavy atom. The number of nitrogens with zero attached hydrogens (tertiary/aromatic N) is 4. The van der Waals surface area contributed by atoms with E-state index in [0.717, 1.165) is 29.7 Å². The third kappa shape index (κ3) is 1.89. The number of aryl methyl sites for hydroxylation is 2. The summed E-state index contributed by atoms with van der Waals surface area (Å²) in [5.41, 5.74) is 1.83. The molecule has 0 unspecified atom stereocenters. The molecule has 3 rings (SSSR count). The number of pyridine rings is 1. The lowest BCUT2D eigenvalue weighted by atomic mass is 10.2. The van der Waals surface area contributed by atoms with Crippen LogP contribution in [-0.4, -0.2) is 24.4 Å². The number of hydrogen-bond acceptors (Lipinski definition) is 3. The summed E-state index contributed by atoms with van der Waals surface area (Å²) in [6.45, 7) is 1.62. The van der Waals surface area contributed by atoms with Crippen LogP contribution >= 0.6 is 0 Å². The van der Waals surface area contributed by atoms with Crippen molar-refractivity contribution in [3.05, 3.63) is 48.5 Å². The fourth-order valence-electron chi connectivity index (χ4n) is 2.13. The van der Waals surface area contributed by atoms with E-state index in [1.54, 1.807) is 12.4 Å². The van der Waals surface area contributed by atoms with Crippen molar-refractivity contribution >= 4 is 11.0 Å². The van der Waals surface area contributed by atoms with Crippen LogP contribution in [-0.2, 0) is 19.7 Å². The second-order valence-electron chi connectivity index (χ2n) is 4.15. The molecule has 1 N–H and O–H groups in total. The van der Waals surface area contributed by atoms with Crippen molar-refractivity contribution in [2.24, 2.45) is 0 Å². The number of fused-ring (bicyclic) bond motifs is 1. The average molecular weight is 242 g/mol. The summed E-state index contributed by atoms with van der Waals surface area (Å²) >= 11 is 0. The SMILES string of the molecule is OCc1cn(CCn2cccn2)c2ncccc12. The molecule has 0 amide bonds. The second kappa shape index (κ2) is 4.62. The van der Waals surface area contributed by atoms with Gasteiger partial charge in [0.25, 0.3) is 0 Å². The Balaban J connectivity index is 1.91. The van der Waals surface area contributed by atoms with Gasteiger partial charge in [-0.15, -0.1) is 0 Å². The summed E-state index contributed by atoms with van der Waals surface area (Å²) in [5, 5.41) is 14.5. The lowest BCUT2D eigenvalue weighted by molar-refractivity contribution is 0.283. The molecule has 3 aromatic heterocycles. The first kappa shape index (κ1) is 11.0. The van der Waals surface area contributed by atoms with Crippen LogP contribution in [0.5, 0.6) is 0 Å². The van der Waals surface area contributed by atoms with Gasteiger partial charge < -0.3 is 9.67 Å². The number of aliphatic hydroxyl groups excluding tert-OH is 1. The van der Waals surface area contributed by atoms with Crippen LogP contribution in [0.3, 0.4) is 0 Å². The van der Waals surface area contributed by atoms with Crippen molar-refractivity contribution in [1.29, 1.82) is 0 Å². The highest BCUT2D eigenvalue weighted by Gasteiger charge is 2.08. The van der Waals surface area contributed by atoms with Gasteiger partial charge in [-0.05, 0) is 18.2 Å². The fraction of sp³-hybridized carbons (Fsp3) is 0.231. The fourth-order valence-corrected chi connectivity index (χ4v) is 2.13. The quantitative estimate of drug-likeness (QED) is 0.753. The van der Waals surface area contributed by atoms with Gasteiger partial charge in [0.1, 0.15) is 5.65 Å². The minimum absolute atomic E-state index is 0.0387. The number of aliphatic hydroxyl groups is 1. The Labute approximate surface area is 104 Å². The number of aromatic nitrogens is 4. The molecule has 92 valence electrons. The zero-order valence-electron chi connectivity index (χ0n) is 9.90. The minimum atomic E-state index is 0.0387. The van der Waals surface area contributed by atoms with Crippen LogP contribution in [0, 0.1) is 0 Å². The zero-order valence-corrected chi connectivity index (χ0v) is 9.90.